The summed E-state index contributed by atoms with van der Waals surface area (Å²) in [5.74, 6) is 2.89. The fourth-order valence-electron chi connectivity index (χ4n) is 2.67. The Morgan fingerprint density at radius 1 is 0.606 bits per heavy atom. The zero-order valence-corrected chi connectivity index (χ0v) is 22.5. The summed E-state index contributed by atoms with van der Waals surface area (Å²) in [6.07, 6.45) is 2.63. The molecule has 0 aliphatic heterocycles. The Balaban J connectivity index is 0.000000247. The Morgan fingerprint density at radius 3 is 1.55 bits per heavy atom. The van der Waals surface area contributed by atoms with Crippen molar-refractivity contribution in [1.29, 1.82) is 0 Å². The van der Waals surface area contributed by atoms with Gasteiger partial charge in [-0.25, -0.2) is 4.63 Å². The summed E-state index contributed by atoms with van der Waals surface area (Å²) in [4.78, 5) is 8.24. The molecule has 0 spiro atoms. The quantitative estimate of drug-likeness (QED) is 0.468. The topological polar surface area (TPSA) is 117 Å². The van der Waals surface area contributed by atoms with Gasteiger partial charge in [0.1, 0.15) is 11.4 Å². The van der Waals surface area contributed by atoms with Crippen LogP contribution in [0.2, 0.25) is 0 Å². The molecule has 3 aromatic heterocycles. The smallest absolute Gasteiger partial charge is 0.227 e. The lowest BCUT2D eigenvalue weighted by molar-refractivity contribution is 0.295. The maximum atomic E-state index is 4.98. The minimum absolute atomic E-state index is 0.221. The third kappa shape index (κ3) is 13.5. The van der Waals surface area contributed by atoms with Gasteiger partial charge in [0.2, 0.25) is 11.8 Å². The third-order valence-electron chi connectivity index (χ3n) is 3.95. The molecule has 0 aromatic carbocycles. The van der Waals surface area contributed by atoms with E-state index in [1.54, 1.807) is 6.92 Å². The van der Waals surface area contributed by atoms with Crippen LogP contribution in [0, 0.1) is 37.0 Å². The van der Waals surface area contributed by atoms with Crippen LogP contribution in [0.15, 0.2) is 13.7 Å². The molecule has 0 aliphatic rings. The molecule has 0 radical (unpaired) electrons. The fraction of sp³-hybridized carbons (Fsp3) is 0.750. The SMILES string of the molecule is Cc1nc(CC(C)(C)C)no1.Cc1noc(CC(C)(C)C)n1.Cc1nonc1CC(C)(C)C. The molecule has 3 rings (SSSR count). The van der Waals surface area contributed by atoms with Crippen LogP contribution in [-0.4, -0.2) is 30.6 Å². The number of aromatic nitrogens is 6. The molecule has 0 saturated heterocycles. The van der Waals surface area contributed by atoms with Crippen molar-refractivity contribution in [2.75, 3.05) is 0 Å². The van der Waals surface area contributed by atoms with Gasteiger partial charge in [-0.3, -0.25) is 0 Å². The van der Waals surface area contributed by atoms with Gasteiger partial charge in [-0.15, -0.1) is 0 Å². The number of rotatable bonds is 3. The highest BCUT2D eigenvalue weighted by Gasteiger charge is 2.17. The van der Waals surface area contributed by atoms with E-state index in [0.717, 1.165) is 42.4 Å². The van der Waals surface area contributed by atoms with Gasteiger partial charge in [0, 0.05) is 19.8 Å². The standard InChI is InChI=1S/3C8H14N2O/c1-6-9-7(10-11-6)5-8(2,3)4;1-6-9-7(11-10-6)5-8(2,3)4;1-6-7(10-11-9-6)5-8(2,3)4/h3*5H2,1-4H3. The van der Waals surface area contributed by atoms with Gasteiger partial charge in [-0.1, -0.05) is 82.9 Å². The number of hydrogen-bond acceptors (Lipinski definition) is 9. The molecule has 0 aliphatic carbocycles. The lowest BCUT2D eigenvalue weighted by atomic mass is 9.90. The maximum absolute atomic E-state index is 4.98. The first-order chi connectivity index (χ1) is 14.9. The number of hydrogen-bond donors (Lipinski definition) is 0. The van der Waals surface area contributed by atoms with Gasteiger partial charge >= 0.3 is 0 Å². The Hall–Kier alpha value is -2.58. The summed E-state index contributed by atoms with van der Waals surface area (Å²) in [6.45, 7) is 24.9. The van der Waals surface area contributed by atoms with Crippen molar-refractivity contribution >= 4 is 0 Å². The molecule has 0 bridgehead atoms. The Morgan fingerprint density at radius 2 is 1.18 bits per heavy atom. The van der Waals surface area contributed by atoms with Gasteiger partial charge in [0.05, 0.1) is 0 Å². The van der Waals surface area contributed by atoms with E-state index < -0.39 is 0 Å². The van der Waals surface area contributed by atoms with Gasteiger partial charge in [0.15, 0.2) is 11.6 Å². The predicted molar refractivity (Wildman–Crippen MR) is 127 cm³/mol. The van der Waals surface area contributed by atoms with E-state index in [1.807, 2.05) is 13.8 Å². The molecule has 0 fully saturated rings. The normalized spacial score (nSPS) is 12.0. The highest BCUT2D eigenvalue weighted by atomic mass is 16.6. The molecule has 0 unspecified atom stereocenters. The van der Waals surface area contributed by atoms with Crippen LogP contribution in [0.3, 0.4) is 0 Å². The zero-order valence-electron chi connectivity index (χ0n) is 22.5. The van der Waals surface area contributed by atoms with Crippen molar-refractivity contribution in [3.63, 3.8) is 0 Å². The number of nitrogens with zero attached hydrogens (tertiary/aromatic N) is 6. The highest BCUT2D eigenvalue weighted by molar-refractivity contribution is 5.06. The van der Waals surface area contributed by atoms with Crippen LogP contribution in [0.5, 0.6) is 0 Å². The van der Waals surface area contributed by atoms with E-state index in [1.165, 1.54) is 0 Å². The van der Waals surface area contributed by atoms with E-state index in [-0.39, 0.29) is 16.2 Å². The largest absolute Gasteiger partial charge is 0.340 e. The van der Waals surface area contributed by atoms with E-state index in [0.29, 0.717) is 11.7 Å². The summed E-state index contributed by atoms with van der Waals surface area (Å²) in [7, 11) is 0. The second-order valence-electron chi connectivity index (χ2n) is 12.0. The van der Waals surface area contributed by atoms with Crippen molar-refractivity contribution in [2.45, 2.75) is 102 Å². The minimum atomic E-state index is 0.221. The average Bonchev–Trinajstić information content (AvgIpc) is 3.29. The molecule has 33 heavy (non-hydrogen) atoms. The second-order valence-corrected chi connectivity index (χ2v) is 12.0. The van der Waals surface area contributed by atoms with Gasteiger partial charge in [0.25, 0.3) is 0 Å². The van der Waals surface area contributed by atoms with Crippen LogP contribution >= 0.6 is 0 Å². The van der Waals surface area contributed by atoms with Gasteiger partial charge < -0.3 is 9.05 Å². The van der Waals surface area contributed by atoms with Crippen molar-refractivity contribution in [3.05, 3.63) is 34.8 Å². The van der Waals surface area contributed by atoms with Crippen LogP contribution in [0.1, 0.15) is 97.1 Å². The van der Waals surface area contributed by atoms with Crippen molar-refractivity contribution < 1.29 is 13.7 Å². The molecule has 186 valence electrons. The monoisotopic (exact) mass is 462 g/mol. The Bertz CT molecular complexity index is 900. The van der Waals surface area contributed by atoms with Crippen LogP contribution in [0.25, 0.3) is 0 Å². The average molecular weight is 463 g/mol. The van der Waals surface area contributed by atoms with Crippen LogP contribution in [-0.2, 0) is 19.3 Å². The van der Waals surface area contributed by atoms with Gasteiger partial charge in [-0.2, -0.15) is 9.97 Å². The summed E-state index contributed by atoms with van der Waals surface area (Å²) in [5, 5.41) is 15.1. The molecule has 0 N–H and O–H groups in total. The second kappa shape index (κ2) is 11.5. The predicted octanol–water partition coefficient (Wildman–Crippen LogP) is 5.90. The molecule has 9 nitrogen and oxygen atoms in total. The summed E-state index contributed by atoms with van der Waals surface area (Å²) >= 11 is 0. The first kappa shape index (κ1) is 28.5. The summed E-state index contributed by atoms with van der Waals surface area (Å²) < 4.78 is 14.4. The zero-order chi connectivity index (χ0) is 25.4. The molecular weight excluding hydrogens is 420 g/mol. The van der Waals surface area contributed by atoms with Crippen molar-refractivity contribution in [2.24, 2.45) is 16.2 Å². The summed E-state index contributed by atoms with van der Waals surface area (Å²) in [6, 6.07) is 0. The minimum Gasteiger partial charge on any atom is -0.340 e. The highest BCUT2D eigenvalue weighted by Crippen LogP contribution is 2.21. The lowest BCUT2D eigenvalue weighted by Gasteiger charge is -2.15. The summed E-state index contributed by atoms with van der Waals surface area (Å²) in [5.41, 5.74) is 2.58. The van der Waals surface area contributed by atoms with E-state index in [4.69, 9.17) is 9.05 Å². The van der Waals surface area contributed by atoms with E-state index >= 15 is 0 Å². The van der Waals surface area contributed by atoms with Crippen molar-refractivity contribution in [3.8, 4) is 0 Å². The molecular formula is C24H42N6O3. The number of aryl methyl sites for hydroxylation is 3. The fourth-order valence-corrected chi connectivity index (χ4v) is 2.67. The first-order valence-electron chi connectivity index (χ1n) is 11.3. The van der Waals surface area contributed by atoms with E-state index in [2.05, 4.69) is 97.5 Å². The molecule has 0 amide bonds. The first-order valence-corrected chi connectivity index (χ1v) is 11.3. The van der Waals surface area contributed by atoms with Gasteiger partial charge in [-0.05, 0) is 36.5 Å². The molecule has 3 aromatic rings. The lowest BCUT2D eigenvalue weighted by Crippen LogP contribution is -2.10. The molecule has 0 atom stereocenters. The Labute approximate surface area is 198 Å². The molecule has 0 saturated carbocycles. The maximum Gasteiger partial charge on any atom is 0.227 e. The van der Waals surface area contributed by atoms with E-state index in [9.17, 15) is 0 Å². The third-order valence-corrected chi connectivity index (χ3v) is 3.95. The van der Waals surface area contributed by atoms with Crippen molar-refractivity contribution in [1.82, 2.24) is 30.6 Å². The Kier molecular flexibility index (Phi) is 9.93. The molecule has 9 heteroatoms. The van der Waals surface area contributed by atoms with Crippen LogP contribution < -0.4 is 0 Å². The molecule has 3 heterocycles. The van der Waals surface area contributed by atoms with Crippen LogP contribution in [0.4, 0.5) is 0 Å².